The molecule has 4 nitrogen and oxygen atoms in total. The quantitative estimate of drug-likeness (QED) is 0.275. The molecule has 7 heteroatoms. The number of carbonyl (C=O) groups is 1. The summed E-state index contributed by atoms with van der Waals surface area (Å²) in [6.45, 7) is 8.20. The molecule has 33 heavy (non-hydrogen) atoms. The van der Waals surface area contributed by atoms with E-state index in [1.54, 1.807) is 0 Å². The molecule has 0 bridgehead atoms. The third-order valence-corrected chi connectivity index (χ3v) is 12.0. The molecule has 0 amide bonds. The van der Waals surface area contributed by atoms with Gasteiger partial charge in [-0.2, -0.15) is 0 Å². The predicted molar refractivity (Wildman–Crippen MR) is 140 cm³/mol. The fraction of sp³-hybridized carbons (Fsp3) is 0.423. The monoisotopic (exact) mass is 500 g/mol. The normalized spacial score (nSPS) is 22.8. The van der Waals surface area contributed by atoms with E-state index in [1.165, 1.54) is 18.3 Å². The molecule has 0 N–H and O–H groups in total. The molecule has 0 aliphatic carbocycles. The van der Waals surface area contributed by atoms with Gasteiger partial charge in [-0.05, 0) is 53.8 Å². The molecule has 0 radical (unpaired) electrons. The van der Waals surface area contributed by atoms with E-state index in [9.17, 15) is 13.2 Å². The lowest BCUT2D eigenvalue weighted by molar-refractivity contribution is -0.154. The molecule has 0 spiro atoms. The molecule has 0 saturated carbocycles. The van der Waals surface area contributed by atoms with Crippen molar-refractivity contribution in [2.45, 2.75) is 56.8 Å². The number of carbonyl (C=O) groups excluding carboxylic acids is 1. The summed E-state index contributed by atoms with van der Waals surface area (Å²) in [6.07, 6.45) is 2.12. The van der Waals surface area contributed by atoms with Crippen LogP contribution in [0.4, 0.5) is 0 Å². The van der Waals surface area contributed by atoms with Gasteiger partial charge in [-0.25, -0.2) is 8.42 Å². The molecule has 176 valence electrons. The van der Waals surface area contributed by atoms with E-state index < -0.39 is 28.8 Å². The predicted octanol–water partition coefficient (Wildman–Crippen LogP) is 6.84. The van der Waals surface area contributed by atoms with Gasteiger partial charge in [-0.15, -0.1) is 11.3 Å². The van der Waals surface area contributed by atoms with Crippen LogP contribution in [-0.4, -0.2) is 28.2 Å². The zero-order chi connectivity index (χ0) is 23.9. The minimum atomic E-state index is -3.67. The van der Waals surface area contributed by atoms with Gasteiger partial charge in [0.05, 0.1) is 10.6 Å². The van der Waals surface area contributed by atoms with E-state index in [0.717, 1.165) is 40.1 Å². The van der Waals surface area contributed by atoms with Crippen LogP contribution in [0.3, 0.4) is 0 Å². The molecule has 1 saturated heterocycles. The van der Waals surface area contributed by atoms with Crippen LogP contribution in [-0.2, 0) is 24.3 Å². The molecule has 2 atom stereocenters. The first kappa shape index (κ1) is 24.2. The Hall–Kier alpha value is -1.96. The summed E-state index contributed by atoms with van der Waals surface area (Å²) < 4.78 is 33.1. The number of hydrogen-bond donors (Lipinski definition) is 0. The zero-order valence-corrected chi connectivity index (χ0v) is 22.4. The Bertz CT molecular complexity index is 1270. The van der Waals surface area contributed by atoms with E-state index in [1.807, 2.05) is 24.3 Å². The van der Waals surface area contributed by atoms with E-state index in [4.69, 9.17) is 4.74 Å². The van der Waals surface area contributed by atoms with Crippen molar-refractivity contribution in [3.8, 4) is 10.4 Å². The molecular formula is C26H32O4S2Si. The number of benzene rings is 2. The molecule has 1 aliphatic rings. The Balaban J connectivity index is 1.81. The van der Waals surface area contributed by atoms with Crippen LogP contribution in [0.5, 0.6) is 0 Å². The van der Waals surface area contributed by atoms with Crippen LogP contribution in [0.2, 0.25) is 25.7 Å². The Morgan fingerprint density at radius 1 is 1.09 bits per heavy atom. The number of rotatable bonds is 6. The van der Waals surface area contributed by atoms with E-state index in [0.29, 0.717) is 11.3 Å². The van der Waals surface area contributed by atoms with Crippen LogP contribution in [0.25, 0.3) is 21.2 Å². The second kappa shape index (κ2) is 9.00. The number of hydrogen-bond acceptors (Lipinski definition) is 5. The van der Waals surface area contributed by atoms with Crippen molar-refractivity contribution in [2.24, 2.45) is 5.92 Å². The second-order valence-corrected chi connectivity index (χ2v) is 19.2. The van der Waals surface area contributed by atoms with Gasteiger partial charge in [-0.3, -0.25) is 4.79 Å². The number of esters is 1. The number of sulfone groups is 1. The van der Waals surface area contributed by atoms with Crippen molar-refractivity contribution < 1.29 is 17.9 Å². The summed E-state index contributed by atoms with van der Waals surface area (Å²) in [5.41, 5.74) is 1.04. The van der Waals surface area contributed by atoms with Gasteiger partial charge >= 0.3 is 5.97 Å². The summed E-state index contributed by atoms with van der Waals surface area (Å²) in [6, 6.07) is 19.3. The maximum atomic E-state index is 13.6. The highest BCUT2D eigenvalue weighted by Gasteiger charge is 2.57. The third-order valence-electron chi connectivity index (χ3n) is 6.49. The summed E-state index contributed by atoms with van der Waals surface area (Å²) in [5, 5.41) is 2.30. The van der Waals surface area contributed by atoms with Gasteiger partial charge in [-0.1, -0.05) is 62.1 Å². The lowest BCUT2D eigenvalue weighted by Crippen LogP contribution is -2.50. The van der Waals surface area contributed by atoms with Gasteiger partial charge in [0.2, 0.25) is 4.93 Å². The molecule has 2 aromatic carbocycles. The van der Waals surface area contributed by atoms with Gasteiger partial charge in [0.15, 0.2) is 9.84 Å². The highest BCUT2D eigenvalue weighted by atomic mass is 32.2. The summed E-state index contributed by atoms with van der Waals surface area (Å²) in [7, 11) is -5.07. The largest absolute Gasteiger partial charge is 0.437 e. The maximum Gasteiger partial charge on any atom is 0.304 e. The number of fused-ring (bicyclic) bond motifs is 1. The molecule has 1 fully saturated rings. The highest BCUT2D eigenvalue weighted by Crippen LogP contribution is 2.51. The number of thiophene rings is 1. The standard InChI is InChI=1S/C26H32O4S2Si/c1-19(27)30-26(23(15-17-33(2,3)4)10-7-16-32(26,28)29)25-14-13-24(31-25)22-12-11-20-8-5-6-9-21(20)18-22/h5-6,8-9,11-14,18,23H,7,10,15-17H2,1-4H3/t23?,26-/m0/s1. The SMILES string of the molecule is CC(=O)O[C@@]1(c2ccc(-c3ccc4ccccc4c3)s2)C(CC[Si](C)(C)C)CCCS1(=O)=O. The number of ether oxygens (including phenoxy) is 1. The second-order valence-electron chi connectivity index (χ2n) is 10.2. The van der Waals surface area contributed by atoms with Gasteiger partial charge < -0.3 is 4.74 Å². The first-order chi connectivity index (χ1) is 15.5. The minimum Gasteiger partial charge on any atom is -0.437 e. The molecule has 2 heterocycles. The summed E-state index contributed by atoms with van der Waals surface area (Å²) in [4.78, 5) is 12.3. The van der Waals surface area contributed by atoms with Gasteiger partial charge in [0.25, 0.3) is 0 Å². The third kappa shape index (κ3) is 4.81. The Kier molecular flexibility index (Phi) is 6.59. The van der Waals surface area contributed by atoms with Crippen LogP contribution >= 0.6 is 11.3 Å². The fourth-order valence-electron chi connectivity index (χ4n) is 4.84. The Labute approximate surface area is 201 Å². The van der Waals surface area contributed by atoms with Crippen molar-refractivity contribution in [1.29, 1.82) is 0 Å². The van der Waals surface area contributed by atoms with Crippen molar-refractivity contribution in [1.82, 2.24) is 0 Å². The average Bonchev–Trinajstić information content (AvgIpc) is 3.23. The smallest absolute Gasteiger partial charge is 0.304 e. The van der Waals surface area contributed by atoms with Crippen LogP contribution in [0.1, 0.15) is 31.1 Å². The zero-order valence-electron chi connectivity index (χ0n) is 19.8. The molecule has 1 aliphatic heterocycles. The van der Waals surface area contributed by atoms with E-state index >= 15 is 0 Å². The van der Waals surface area contributed by atoms with Crippen LogP contribution < -0.4 is 0 Å². The summed E-state index contributed by atoms with van der Waals surface area (Å²) >= 11 is 1.44. The maximum absolute atomic E-state index is 13.6. The van der Waals surface area contributed by atoms with Crippen molar-refractivity contribution in [3.63, 3.8) is 0 Å². The Morgan fingerprint density at radius 2 is 1.82 bits per heavy atom. The van der Waals surface area contributed by atoms with E-state index in [-0.39, 0.29) is 11.7 Å². The highest BCUT2D eigenvalue weighted by molar-refractivity contribution is 7.92. The van der Waals surface area contributed by atoms with Crippen molar-refractivity contribution >= 4 is 46.0 Å². The summed E-state index contributed by atoms with van der Waals surface area (Å²) in [5.74, 6) is -0.721. The first-order valence-electron chi connectivity index (χ1n) is 11.5. The fourth-order valence-corrected chi connectivity index (χ4v) is 9.88. The van der Waals surface area contributed by atoms with Crippen LogP contribution in [0.15, 0.2) is 54.6 Å². The topological polar surface area (TPSA) is 60.4 Å². The van der Waals surface area contributed by atoms with Crippen molar-refractivity contribution in [2.75, 3.05) is 5.75 Å². The molecular weight excluding hydrogens is 469 g/mol. The molecule has 1 aromatic heterocycles. The lowest BCUT2D eigenvalue weighted by atomic mass is 9.91. The van der Waals surface area contributed by atoms with Crippen LogP contribution in [0, 0.1) is 5.92 Å². The molecule has 3 aromatic rings. The lowest BCUT2D eigenvalue weighted by Gasteiger charge is -2.42. The van der Waals surface area contributed by atoms with E-state index in [2.05, 4.69) is 50.0 Å². The minimum absolute atomic E-state index is 0.0485. The average molecular weight is 501 g/mol. The van der Waals surface area contributed by atoms with Gasteiger partial charge in [0, 0.05) is 25.8 Å². The first-order valence-corrected chi connectivity index (χ1v) is 17.7. The molecule has 1 unspecified atom stereocenters. The van der Waals surface area contributed by atoms with Gasteiger partial charge in [0.1, 0.15) is 0 Å². The molecule has 4 rings (SSSR count). The Morgan fingerprint density at radius 3 is 2.52 bits per heavy atom. The van der Waals surface area contributed by atoms with Crippen molar-refractivity contribution in [3.05, 3.63) is 59.5 Å².